The SMILES string of the molecule is CN=[S@](C)(=O)c1ccccc1C(C)C. The highest BCUT2D eigenvalue weighted by molar-refractivity contribution is 7.93. The molecule has 1 aromatic carbocycles. The van der Waals surface area contributed by atoms with Crippen molar-refractivity contribution in [2.75, 3.05) is 13.3 Å². The van der Waals surface area contributed by atoms with Crippen molar-refractivity contribution in [1.29, 1.82) is 0 Å². The van der Waals surface area contributed by atoms with Crippen molar-refractivity contribution in [3.05, 3.63) is 29.8 Å². The predicted molar refractivity (Wildman–Crippen MR) is 61.2 cm³/mol. The molecular formula is C11H17NOS. The molecule has 0 heterocycles. The van der Waals surface area contributed by atoms with E-state index in [1.54, 1.807) is 13.3 Å². The molecule has 0 aliphatic carbocycles. The average molecular weight is 211 g/mol. The van der Waals surface area contributed by atoms with E-state index in [1.807, 2.05) is 24.3 Å². The molecule has 2 nitrogen and oxygen atoms in total. The summed E-state index contributed by atoms with van der Waals surface area (Å²) in [6.45, 7) is 4.20. The summed E-state index contributed by atoms with van der Waals surface area (Å²) >= 11 is 0. The first kappa shape index (κ1) is 11.2. The molecule has 0 aliphatic rings. The van der Waals surface area contributed by atoms with Crippen LogP contribution in [0.15, 0.2) is 33.5 Å². The van der Waals surface area contributed by atoms with E-state index in [2.05, 4.69) is 18.2 Å². The maximum atomic E-state index is 12.1. The van der Waals surface area contributed by atoms with Crippen LogP contribution in [0.3, 0.4) is 0 Å². The van der Waals surface area contributed by atoms with Crippen molar-refractivity contribution >= 4 is 9.73 Å². The molecule has 0 bridgehead atoms. The van der Waals surface area contributed by atoms with Crippen molar-refractivity contribution in [3.63, 3.8) is 0 Å². The van der Waals surface area contributed by atoms with Gasteiger partial charge in [0.2, 0.25) is 0 Å². The van der Waals surface area contributed by atoms with Crippen LogP contribution in [0.25, 0.3) is 0 Å². The fourth-order valence-electron chi connectivity index (χ4n) is 1.40. The summed E-state index contributed by atoms with van der Waals surface area (Å²) in [5.41, 5.74) is 1.13. The molecule has 1 aromatic rings. The third kappa shape index (κ3) is 2.15. The minimum atomic E-state index is -2.20. The van der Waals surface area contributed by atoms with Gasteiger partial charge in [-0.3, -0.25) is 0 Å². The number of benzene rings is 1. The Morgan fingerprint density at radius 3 is 2.36 bits per heavy atom. The Bertz CT molecular complexity index is 429. The van der Waals surface area contributed by atoms with Crippen LogP contribution >= 0.6 is 0 Å². The molecule has 3 heteroatoms. The highest BCUT2D eigenvalue weighted by Gasteiger charge is 2.12. The van der Waals surface area contributed by atoms with Gasteiger partial charge in [0.15, 0.2) is 0 Å². The minimum Gasteiger partial charge on any atom is -0.245 e. The zero-order chi connectivity index (χ0) is 10.8. The Hall–Kier alpha value is -0.830. The molecule has 0 fully saturated rings. The third-order valence-corrected chi connectivity index (χ3v) is 4.18. The molecule has 0 N–H and O–H groups in total. The lowest BCUT2D eigenvalue weighted by atomic mass is 10.0. The Morgan fingerprint density at radius 1 is 1.29 bits per heavy atom. The normalized spacial score (nSPS) is 15.2. The van der Waals surface area contributed by atoms with Gasteiger partial charge in [-0.1, -0.05) is 32.0 Å². The van der Waals surface area contributed by atoms with E-state index >= 15 is 0 Å². The van der Waals surface area contributed by atoms with Crippen molar-refractivity contribution < 1.29 is 4.21 Å². The smallest absolute Gasteiger partial charge is 0.0723 e. The quantitative estimate of drug-likeness (QED) is 0.739. The van der Waals surface area contributed by atoms with Crippen LogP contribution in [0.1, 0.15) is 25.3 Å². The molecular weight excluding hydrogens is 194 g/mol. The lowest BCUT2D eigenvalue weighted by molar-refractivity contribution is 0.677. The molecule has 0 saturated carbocycles. The molecule has 14 heavy (non-hydrogen) atoms. The van der Waals surface area contributed by atoms with Gasteiger partial charge in [0.05, 0.1) is 14.6 Å². The van der Waals surface area contributed by atoms with Gasteiger partial charge in [-0.25, -0.2) is 8.57 Å². The monoisotopic (exact) mass is 211 g/mol. The molecule has 0 aromatic heterocycles. The number of rotatable bonds is 2. The van der Waals surface area contributed by atoms with Gasteiger partial charge in [-0.15, -0.1) is 0 Å². The van der Waals surface area contributed by atoms with Crippen LogP contribution in [0, 0.1) is 0 Å². The molecule has 78 valence electrons. The highest BCUT2D eigenvalue weighted by atomic mass is 32.2. The van der Waals surface area contributed by atoms with Gasteiger partial charge in [-0.2, -0.15) is 0 Å². The van der Waals surface area contributed by atoms with Crippen LogP contribution in [0.2, 0.25) is 0 Å². The molecule has 0 radical (unpaired) electrons. The second-order valence-corrected chi connectivity index (χ2v) is 6.09. The largest absolute Gasteiger partial charge is 0.245 e. The van der Waals surface area contributed by atoms with Gasteiger partial charge in [0.1, 0.15) is 0 Å². The zero-order valence-electron chi connectivity index (χ0n) is 9.15. The van der Waals surface area contributed by atoms with Crippen LogP contribution < -0.4 is 0 Å². The summed E-state index contributed by atoms with van der Waals surface area (Å²) in [5.74, 6) is 0.383. The van der Waals surface area contributed by atoms with E-state index in [0.29, 0.717) is 5.92 Å². The molecule has 0 unspecified atom stereocenters. The first-order valence-electron chi connectivity index (χ1n) is 4.68. The summed E-state index contributed by atoms with van der Waals surface area (Å²) in [6.07, 6.45) is 1.69. The summed E-state index contributed by atoms with van der Waals surface area (Å²) in [6, 6.07) is 7.82. The molecule has 0 saturated heterocycles. The van der Waals surface area contributed by atoms with Crippen LogP contribution in [0.4, 0.5) is 0 Å². The Morgan fingerprint density at radius 2 is 1.86 bits per heavy atom. The second-order valence-electron chi connectivity index (χ2n) is 3.68. The van der Waals surface area contributed by atoms with Crippen LogP contribution in [-0.4, -0.2) is 17.5 Å². The zero-order valence-corrected chi connectivity index (χ0v) is 9.97. The molecule has 0 amide bonds. The maximum Gasteiger partial charge on any atom is 0.0723 e. The van der Waals surface area contributed by atoms with Gasteiger partial charge in [-0.05, 0) is 17.5 Å². The molecule has 1 atom stereocenters. The van der Waals surface area contributed by atoms with Crippen LogP contribution in [0.5, 0.6) is 0 Å². The Balaban J connectivity index is 3.43. The van der Waals surface area contributed by atoms with E-state index in [1.165, 1.54) is 0 Å². The lowest BCUT2D eigenvalue weighted by Crippen LogP contribution is -2.03. The third-order valence-electron chi connectivity index (χ3n) is 2.30. The second kappa shape index (κ2) is 4.13. The summed E-state index contributed by atoms with van der Waals surface area (Å²) in [5, 5.41) is 0. The minimum absolute atomic E-state index is 0.383. The molecule has 1 rings (SSSR count). The van der Waals surface area contributed by atoms with E-state index in [9.17, 15) is 4.21 Å². The van der Waals surface area contributed by atoms with E-state index in [0.717, 1.165) is 10.5 Å². The van der Waals surface area contributed by atoms with Crippen molar-refractivity contribution in [2.45, 2.75) is 24.7 Å². The first-order chi connectivity index (χ1) is 6.49. The van der Waals surface area contributed by atoms with Crippen LogP contribution in [-0.2, 0) is 9.73 Å². The topological polar surface area (TPSA) is 29.4 Å². The fourth-order valence-corrected chi connectivity index (χ4v) is 2.67. The lowest BCUT2D eigenvalue weighted by Gasteiger charge is -2.12. The number of hydrogen-bond acceptors (Lipinski definition) is 2. The van der Waals surface area contributed by atoms with Gasteiger partial charge in [0, 0.05) is 13.3 Å². The van der Waals surface area contributed by atoms with Crippen molar-refractivity contribution in [3.8, 4) is 0 Å². The molecule has 0 spiro atoms. The van der Waals surface area contributed by atoms with E-state index < -0.39 is 9.73 Å². The predicted octanol–water partition coefficient (Wildman–Crippen LogP) is 2.90. The van der Waals surface area contributed by atoms with Crippen molar-refractivity contribution in [1.82, 2.24) is 0 Å². The van der Waals surface area contributed by atoms with Gasteiger partial charge in [0.25, 0.3) is 0 Å². The van der Waals surface area contributed by atoms with Gasteiger partial charge < -0.3 is 0 Å². The Labute approximate surface area is 86.5 Å². The highest BCUT2D eigenvalue weighted by Crippen LogP contribution is 2.24. The molecule has 0 aliphatic heterocycles. The fraction of sp³-hybridized carbons (Fsp3) is 0.455. The summed E-state index contributed by atoms with van der Waals surface area (Å²) < 4.78 is 16.1. The first-order valence-corrected chi connectivity index (χ1v) is 6.60. The maximum absolute atomic E-state index is 12.1. The van der Waals surface area contributed by atoms with Gasteiger partial charge >= 0.3 is 0 Å². The van der Waals surface area contributed by atoms with E-state index in [-0.39, 0.29) is 0 Å². The summed E-state index contributed by atoms with van der Waals surface area (Å²) in [4.78, 5) is 0.873. The Kier molecular flexibility index (Phi) is 3.32. The number of nitrogens with zero attached hydrogens (tertiary/aromatic N) is 1. The van der Waals surface area contributed by atoms with E-state index in [4.69, 9.17) is 0 Å². The summed E-state index contributed by atoms with van der Waals surface area (Å²) in [7, 11) is -0.588. The number of hydrogen-bond donors (Lipinski definition) is 0. The average Bonchev–Trinajstić information content (AvgIpc) is 2.18. The standard InChI is InChI=1S/C11H17NOS/c1-9(2)10-7-5-6-8-11(10)14(4,13)12-3/h5-9H,1-4H3/t14-/m1/s1. The van der Waals surface area contributed by atoms with Crippen molar-refractivity contribution in [2.24, 2.45) is 4.36 Å².